The topological polar surface area (TPSA) is 96.3 Å². The molecule has 1 saturated carbocycles. The Morgan fingerprint density at radius 2 is 1.95 bits per heavy atom. The number of hydrogen-bond acceptors (Lipinski definition) is 7. The summed E-state index contributed by atoms with van der Waals surface area (Å²) in [5.41, 5.74) is 3.71. The average molecular weight is 616 g/mol. The number of fused-ring (bicyclic) bond motifs is 1. The van der Waals surface area contributed by atoms with E-state index >= 15 is 0 Å². The first kappa shape index (κ1) is 29.7. The van der Waals surface area contributed by atoms with Crippen molar-refractivity contribution < 1.29 is 9.18 Å². The van der Waals surface area contributed by atoms with E-state index < -0.39 is 11.5 Å². The van der Waals surface area contributed by atoms with Crippen molar-refractivity contribution in [2.24, 2.45) is 0 Å². The summed E-state index contributed by atoms with van der Waals surface area (Å²) in [4.78, 5) is 44.8. The number of anilines is 3. The molecule has 9 nitrogen and oxygen atoms in total. The van der Waals surface area contributed by atoms with Crippen LogP contribution in [-0.4, -0.2) is 56.0 Å². The van der Waals surface area contributed by atoms with E-state index in [9.17, 15) is 14.0 Å². The van der Waals surface area contributed by atoms with Crippen molar-refractivity contribution in [3.63, 3.8) is 0 Å². The van der Waals surface area contributed by atoms with Crippen molar-refractivity contribution in [3.8, 4) is 5.69 Å². The van der Waals surface area contributed by atoms with Gasteiger partial charge in [0.2, 0.25) is 5.91 Å². The highest BCUT2D eigenvalue weighted by Gasteiger charge is 2.33. The van der Waals surface area contributed by atoms with Crippen LogP contribution in [0.3, 0.4) is 0 Å². The molecular weight excluding hydrogens is 581 g/mol. The molecule has 1 aromatic carbocycles. The predicted molar refractivity (Wildman–Crippen MR) is 172 cm³/mol. The fourth-order valence-electron chi connectivity index (χ4n) is 5.97. The van der Waals surface area contributed by atoms with Crippen LogP contribution in [0.4, 0.5) is 21.7 Å². The van der Waals surface area contributed by atoms with E-state index in [2.05, 4.69) is 27.8 Å². The van der Waals surface area contributed by atoms with Crippen molar-refractivity contribution in [3.05, 3.63) is 87.3 Å². The zero-order chi connectivity index (χ0) is 31.3. The average Bonchev–Trinajstić information content (AvgIpc) is 3.84. The van der Waals surface area contributed by atoms with Gasteiger partial charge < -0.3 is 15.1 Å². The molecule has 1 amide bonds. The van der Waals surface area contributed by atoms with Gasteiger partial charge in [-0.25, -0.2) is 18.7 Å². The Kier molecular flexibility index (Phi) is 7.88. The summed E-state index contributed by atoms with van der Waals surface area (Å²) in [7, 11) is 0. The summed E-state index contributed by atoms with van der Waals surface area (Å²) in [5.74, 6) is 0.724. The molecule has 2 fully saturated rings. The van der Waals surface area contributed by atoms with Crippen LogP contribution in [0.15, 0.2) is 54.0 Å². The highest BCUT2D eigenvalue weighted by Crippen LogP contribution is 2.45. The number of nitrogens with one attached hydrogen (secondary N) is 1. The Bertz CT molecular complexity index is 1850. The first-order chi connectivity index (χ1) is 21.1. The maximum Gasteiger partial charge on any atom is 0.355 e. The number of benzene rings is 1. The molecule has 44 heavy (non-hydrogen) atoms. The van der Waals surface area contributed by atoms with E-state index in [0.717, 1.165) is 35.0 Å². The van der Waals surface area contributed by atoms with Crippen molar-refractivity contribution in [2.75, 3.05) is 29.9 Å². The van der Waals surface area contributed by atoms with Crippen LogP contribution in [0.1, 0.15) is 62.3 Å². The third-order valence-electron chi connectivity index (χ3n) is 8.39. The number of aryl methyl sites for hydroxylation is 1. The lowest BCUT2D eigenvalue weighted by molar-refractivity contribution is -0.126. The van der Waals surface area contributed by atoms with Gasteiger partial charge in [-0.2, -0.15) is 4.98 Å². The molecule has 1 aliphatic carbocycles. The molecule has 1 atom stereocenters. The minimum atomic E-state index is -0.538. The minimum absolute atomic E-state index is 0.0300. The quantitative estimate of drug-likeness (QED) is 0.246. The number of nitrogens with zero attached hydrogens (tertiary/aromatic N) is 6. The lowest BCUT2D eigenvalue weighted by Crippen LogP contribution is -2.54. The Hall–Kier alpha value is -4.31. The first-order valence-electron chi connectivity index (χ1n) is 14.9. The maximum atomic E-state index is 14.4. The van der Waals surface area contributed by atoms with Crippen LogP contribution in [-0.2, 0) is 4.79 Å². The highest BCUT2D eigenvalue weighted by atomic mass is 35.5. The number of hydrogen-bond donors (Lipinski definition) is 1. The summed E-state index contributed by atoms with van der Waals surface area (Å²) in [6.45, 7) is 13.1. The van der Waals surface area contributed by atoms with Gasteiger partial charge in [0, 0.05) is 37.6 Å². The van der Waals surface area contributed by atoms with E-state index in [4.69, 9.17) is 21.6 Å². The fourth-order valence-corrected chi connectivity index (χ4v) is 6.09. The Labute approximate surface area is 260 Å². The minimum Gasteiger partial charge on any atom is -0.350 e. The molecule has 0 spiro atoms. The molecule has 228 valence electrons. The summed E-state index contributed by atoms with van der Waals surface area (Å²) < 4.78 is 16.0. The molecule has 4 aromatic rings. The van der Waals surface area contributed by atoms with E-state index in [1.165, 1.54) is 18.2 Å². The third-order valence-corrected chi connectivity index (χ3v) is 8.69. The number of carbonyl (C=O) groups is 1. The maximum absolute atomic E-state index is 14.4. The molecule has 11 heteroatoms. The summed E-state index contributed by atoms with van der Waals surface area (Å²) in [6.07, 6.45) is 5.07. The second-order valence-electron chi connectivity index (χ2n) is 11.9. The van der Waals surface area contributed by atoms with Gasteiger partial charge in [-0.05, 0) is 86.1 Å². The monoisotopic (exact) mass is 615 g/mol. The van der Waals surface area contributed by atoms with E-state index in [1.54, 1.807) is 21.7 Å². The molecule has 1 saturated heterocycles. The Morgan fingerprint density at radius 3 is 2.61 bits per heavy atom. The van der Waals surface area contributed by atoms with Crippen molar-refractivity contribution in [2.45, 2.75) is 58.4 Å². The first-order valence-corrected chi connectivity index (χ1v) is 15.3. The number of piperazine rings is 1. The summed E-state index contributed by atoms with van der Waals surface area (Å²) in [6, 6.07) is 8.38. The standard InChI is InChI=1S/C33H35ClFN7O2/c1-6-27(43)40-13-14-41(20(5)17-40)31-24-16-23(21-7-8-21)30(37-22-9-10-25(34)26(35)15-22)38-32(24)42(33(44)39-31)29-19(4)11-12-36-28(29)18(2)3/h6,9-12,15-16,18,20-21H,1,7-8,13-14,17H2,2-5H3,(H,37,38)/t20-/m0/s1. The SMILES string of the molecule is C=CC(=O)N1CCN(c2nc(=O)n(-c3c(C)ccnc3C(C)C)c3nc(Nc4ccc(Cl)c(F)c4)c(C4CC4)cc23)[C@@H](C)C1. The van der Waals surface area contributed by atoms with Gasteiger partial charge in [0.25, 0.3) is 0 Å². The molecule has 3 aromatic heterocycles. The van der Waals surface area contributed by atoms with Crippen LogP contribution in [0.2, 0.25) is 5.02 Å². The third kappa shape index (κ3) is 5.43. The number of aromatic nitrogens is 4. The van der Waals surface area contributed by atoms with Crippen LogP contribution in [0.5, 0.6) is 0 Å². The van der Waals surface area contributed by atoms with E-state index in [-0.39, 0.29) is 28.8 Å². The van der Waals surface area contributed by atoms with Crippen molar-refractivity contribution in [1.82, 2.24) is 24.4 Å². The lowest BCUT2D eigenvalue weighted by atomic mass is 10.0. The van der Waals surface area contributed by atoms with Crippen LogP contribution in [0, 0.1) is 12.7 Å². The lowest BCUT2D eigenvalue weighted by Gasteiger charge is -2.40. The molecular formula is C33H35ClFN7O2. The molecule has 0 bridgehead atoms. The van der Waals surface area contributed by atoms with Crippen molar-refractivity contribution >= 4 is 45.9 Å². The van der Waals surface area contributed by atoms with Gasteiger partial charge in [0.15, 0.2) is 5.65 Å². The smallest absolute Gasteiger partial charge is 0.350 e. The van der Waals surface area contributed by atoms with Gasteiger partial charge in [-0.15, -0.1) is 0 Å². The van der Waals surface area contributed by atoms with Gasteiger partial charge in [0.1, 0.15) is 17.5 Å². The summed E-state index contributed by atoms with van der Waals surface area (Å²) >= 11 is 5.95. The van der Waals surface area contributed by atoms with Crippen LogP contribution in [0.25, 0.3) is 16.7 Å². The molecule has 1 aliphatic heterocycles. The van der Waals surface area contributed by atoms with Crippen molar-refractivity contribution in [1.29, 1.82) is 0 Å². The number of carbonyl (C=O) groups excluding carboxylic acids is 1. The molecule has 1 N–H and O–H groups in total. The molecule has 4 heterocycles. The van der Waals surface area contributed by atoms with Gasteiger partial charge in [-0.3, -0.25) is 9.78 Å². The summed E-state index contributed by atoms with van der Waals surface area (Å²) in [5, 5.41) is 4.07. The number of rotatable bonds is 7. The van der Waals surface area contributed by atoms with Gasteiger partial charge >= 0.3 is 5.69 Å². The largest absolute Gasteiger partial charge is 0.355 e. The van der Waals surface area contributed by atoms with E-state index in [0.29, 0.717) is 48.3 Å². The number of pyridine rings is 2. The molecule has 0 unspecified atom stereocenters. The second-order valence-corrected chi connectivity index (χ2v) is 12.3. The van der Waals surface area contributed by atoms with Gasteiger partial charge in [0.05, 0.1) is 21.8 Å². The number of amides is 1. The fraction of sp³-hybridized carbons (Fsp3) is 0.364. The predicted octanol–water partition coefficient (Wildman–Crippen LogP) is 6.24. The highest BCUT2D eigenvalue weighted by molar-refractivity contribution is 6.30. The molecule has 6 rings (SSSR count). The zero-order valence-corrected chi connectivity index (χ0v) is 26.0. The van der Waals surface area contributed by atoms with Crippen LogP contribution >= 0.6 is 11.6 Å². The van der Waals surface area contributed by atoms with Gasteiger partial charge in [-0.1, -0.05) is 32.0 Å². The van der Waals surface area contributed by atoms with E-state index in [1.807, 2.05) is 33.8 Å². The molecule has 2 aliphatic rings. The zero-order valence-electron chi connectivity index (χ0n) is 25.3. The second kappa shape index (κ2) is 11.6. The molecule has 0 radical (unpaired) electrons. The normalized spacial score (nSPS) is 16.9. The Morgan fingerprint density at radius 1 is 1.18 bits per heavy atom. The number of halogens is 2. The van der Waals surface area contributed by atoms with Crippen LogP contribution < -0.4 is 15.9 Å². The Balaban J connectivity index is 1.60.